The molecule has 0 N–H and O–H groups in total. The molecule has 1 atom stereocenters. The van der Waals surface area contributed by atoms with Gasteiger partial charge in [-0.05, 0) is 23.8 Å². The number of halogens is 5. The van der Waals surface area contributed by atoms with E-state index >= 15 is 0 Å². The zero-order valence-electron chi connectivity index (χ0n) is 8.18. The zero-order valence-corrected chi connectivity index (χ0v) is 13.6. The quantitative estimate of drug-likeness (QED) is 0.494. The summed E-state index contributed by atoms with van der Waals surface area (Å²) in [6.45, 7) is 0. The van der Waals surface area contributed by atoms with Crippen molar-refractivity contribution in [1.82, 2.24) is 0 Å². The maximum Gasteiger partial charge on any atom is 0.0994 e. The van der Waals surface area contributed by atoms with Crippen molar-refractivity contribution in [3.63, 3.8) is 0 Å². The highest BCUT2D eigenvalue weighted by Crippen LogP contribution is 2.42. The molecule has 2 aromatic rings. The van der Waals surface area contributed by atoms with Crippen molar-refractivity contribution in [3.05, 3.63) is 53.6 Å². The van der Waals surface area contributed by atoms with Gasteiger partial charge >= 0.3 is 0 Å². The van der Waals surface area contributed by atoms with E-state index in [0.717, 1.165) is 15.6 Å². The second-order valence-corrected chi connectivity index (χ2v) is 7.35. The van der Waals surface area contributed by atoms with E-state index in [1.165, 1.54) is 11.3 Å². The first-order chi connectivity index (χ1) is 7.99. The lowest BCUT2D eigenvalue weighted by atomic mass is 10.1. The average molecular weight is 391 g/mol. The van der Waals surface area contributed by atoms with Gasteiger partial charge in [0.1, 0.15) is 0 Å². The van der Waals surface area contributed by atoms with Gasteiger partial charge in [0, 0.05) is 15.1 Å². The van der Waals surface area contributed by atoms with Crippen molar-refractivity contribution in [1.29, 1.82) is 0 Å². The largest absolute Gasteiger partial charge is 0.112 e. The number of rotatable bonds is 2. The molecule has 17 heavy (non-hydrogen) atoms. The van der Waals surface area contributed by atoms with Crippen LogP contribution in [0.25, 0.3) is 0 Å². The normalized spacial score (nSPS) is 12.8. The van der Waals surface area contributed by atoms with Gasteiger partial charge in [-0.15, -0.1) is 22.9 Å². The third kappa shape index (κ3) is 3.12. The molecule has 1 heterocycles. The van der Waals surface area contributed by atoms with E-state index in [1.807, 2.05) is 12.1 Å². The summed E-state index contributed by atoms with van der Waals surface area (Å²) in [4.78, 5) is 0. The van der Waals surface area contributed by atoms with E-state index in [9.17, 15) is 0 Å². The maximum absolute atomic E-state index is 6.37. The SMILES string of the molecule is Clc1cc(C(Cl)c2ccc(Br)cc2Cl)c(Cl)s1. The summed E-state index contributed by atoms with van der Waals surface area (Å²) >= 11 is 29.1. The molecule has 0 aliphatic rings. The lowest BCUT2D eigenvalue weighted by Gasteiger charge is -2.11. The third-order valence-corrected chi connectivity index (χ3v) is 5.00. The van der Waals surface area contributed by atoms with Crippen molar-refractivity contribution in [3.8, 4) is 0 Å². The Hall–Kier alpha value is 0.560. The first-order valence-electron chi connectivity index (χ1n) is 4.53. The standard InChI is InChI=1S/C11H5BrCl4S/c12-5-1-2-6(8(13)3-5)10(15)7-4-9(14)17-11(7)16/h1-4,10H. The van der Waals surface area contributed by atoms with Crippen LogP contribution in [0.5, 0.6) is 0 Å². The van der Waals surface area contributed by atoms with Crippen LogP contribution < -0.4 is 0 Å². The van der Waals surface area contributed by atoms with Crippen LogP contribution in [0.1, 0.15) is 16.5 Å². The fourth-order valence-corrected chi connectivity index (χ4v) is 4.25. The predicted molar refractivity (Wildman–Crippen MR) is 81.2 cm³/mol. The van der Waals surface area contributed by atoms with Crippen LogP contribution in [0.3, 0.4) is 0 Å². The molecule has 1 aromatic heterocycles. The molecule has 0 nitrogen and oxygen atoms in total. The lowest BCUT2D eigenvalue weighted by molar-refractivity contribution is 1.15. The third-order valence-electron chi connectivity index (χ3n) is 2.19. The highest BCUT2D eigenvalue weighted by molar-refractivity contribution is 9.10. The predicted octanol–water partition coefficient (Wildman–Crippen LogP) is 6.80. The van der Waals surface area contributed by atoms with E-state index in [2.05, 4.69) is 15.9 Å². The van der Waals surface area contributed by atoms with Gasteiger partial charge < -0.3 is 0 Å². The van der Waals surface area contributed by atoms with Crippen molar-refractivity contribution in [2.75, 3.05) is 0 Å². The van der Waals surface area contributed by atoms with Gasteiger partial charge in [-0.25, -0.2) is 0 Å². The van der Waals surface area contributed by atoms with Crippen LogP contribution >= 0.6 is 73.7 Å². The Morgan fingerprint density at radius 3 is 2.29 bits per heavy atom. The van der Waals surface area contributed by atoms with Gasteiger partial charge in [0.25, 0.3) is 0 Å². The minimum Gasteiger partial charge on any atom is -0.112 e. The molecule has 0 aliphatic heterocycles. The summed E-state index contributed by atoms with van der Waals surface area (Å²) in [5, 5.41) is 0.199. The summed E-state index contributed by atoms with van der Waals surface area (Å²) < 4.78 is 2.11. The van der Waals surface area contributed by atoms with Crippen LogP contribution in [0, 0.1) is 0 Å². The number of hydrogen-bond donors (Lipinski definition) is 0. The minimum atomic E-state index is -0.396. The molecule has 0 aliphatic carbocycles. The number of hydrogen-bond acceptors (Lipinski definition) is 1. The summed E-state index contributed by atoms with van der Waals surface area (Å²) in [7, 11) is 0. The molecule has 0 radical (unpaired) electrons. The van der Waals surface area contributed by atoms with Gasteiger partial charge in [0.15, 0.2) is 0 Å². The van der Waals surface area contributed by atoms with E-state index in [-0.39, 0.29) is 0 Å². The van der Waals surface area contributed by atoms with Crippen molar-refractivity contribution >= 4 is 73.7 Å². The Morgan fingerprint density at radius 1 is 1.06 bits per heavy atom. The summed E-state index contributed by atoms with van der Waals surface area (Å²) in [6, 6.07) is 7.32. The van der Waals surface area contributed by atoms with Crippen molar-refractivity contribution in [2.45, 2.75) is 5.38 Å². The number of benzene rings is 1. The first kappa shape index (κ1) is 14.0. The monoisotopic (exact) mass is 388 g/mol. The molecule has 0 saturated carbocycles. The van der Waals surface area contributed by atoms with Crippen LogP contribution in [0.4, 0.5) is 0 Å². The Kier molecular flexibility index (Phi) is 4.67. The fourth-order valence-electron chi connectivity index (χ4n) is 1.40. The zero-order chi connectivity index (χ0) is 12.6. The summed E-state index contributed by atoms with van der Waals surface area (Å²) in [5.41, 5.74) is 1.60. The molecule has 2 rings (SSSR count). The smallest absolute Gasteiger partial charge is 0.0994 e. The topological polar surface area (TPSA) is 0 Å². The van der Waals surface area contributed by atoms with Gasteiger partial charge in [0.2, 0.25) is 0 Å². The van der Waals surface area contributed by atoms with Crippen LogP contribution in [-0.2, 0) is 0 Å². The molecule has 90 valence electrons. The van der Waals surface area contributed by atoms with Gasteiger partial charge in [-0.2, -0.15) is 0 Å². The van der Waals surface area contributed by atoms with E-state index in [1.54, 1.807) is 12.1 Å². The number of alkyl halides is 1. The van der Waals surface area contributed by atoms with Crippen molar-refractivity contribution in [2.24, 2.45) is 0 Å². The second kappa shape index (κ2) is 5.68. The molecule has 6 heteroatoms. The number of thiophene rings is 1. The molecule has 0 bridgehead atoms. The Balaban J connectivity index is 2.43. The fraction of sp³-hybridized carbons (Fsp3) is 0.0909. The molecule has 0 fully saturated rings. The molecule has 1 aromatic carbocycles. The molecule has 0 amide bonds. The van der Waals surface area contributed by atoms with E-state index < -0.39 is 5.38 Å². The molecular formula is C11H5BrCl4S. The molecule has 0 spiro atoms. The van der Waals surface area contributed by atoms with Crippen molar-refractivity contribution < 1.29 is 0 Å². The highest BCUT2D eigenvalue weighted by Gasteiger charge is 2.19. The molecule has 0 saturated heterocycles. The Morgan fingerprint density at radius 2 is 1.76 bits per heavy atom. The highest BCUT2D eigenvalue weighted by atomic mass is 79.9. The minimum absolute atomic E-state index is 0.396. The molecule has 1 unspecified atom stereocenters. The molecular weight excluding hydrogens is 386 g/mol. The Labute approximate surface area is 132 Å². The van der Waals surface area contributed by atoms with Crippen LogP contribution in [-0.4, -0.2) is 0 Å². The van der Waals surface area contributed by atoms with E-state index in [0.29, 0.717) is 13.7 Å². The maximum atomic E-state index is 6.37. The summed E-state index contributed by atoms with van der Waals surface area (Å²) in [6.07, 6.45) is 0. The first-order valence-corrected chi connectivity index (χ1v) is 7.70. The van der Waals surface area contributed by atoms with Gasteiger partial charge in [-0.3, -0.25) is 0 Å². The van der Waals surface area contributed by atoms with Gasteiger partial charge in [0.05, 0.1) is 14.0 Å². The van der Waals surface area contributed by atoms with Gasteiger partial charge in [-0.1, -0.05) is 56.8 Å². The average Bonchev–Trinajstić information content (AvgIpc) is 2.57. The summed E-state index contributed by atoms with van der Waals surface area (Å²) in [5.74, 6) is 0. The van der Waals surface area contributed by atoms with Crippen LogP contribution in [0.15, 0.2) is 28.7 Å². The lowest BCUT2D eigenvalue weighted by Crippen LogP contribution is -1.93. The van der Waals surface area contributed by atoms with E-state index in [4.69, 9.17) is 46.4 Å². The van der Waals surface area contributed by atoms with Crippen LogP contribution in [0.2, 0.25) is 13.7 Å². The Bertz CT molecular complexity index is 552. The second-order valence-electron chi connectivity index (χ2n) is 3.31.